The summed E-state index contributed by atoms with van der Waals surface area (Å²) in [7, 11) is 0. The van der Waals surface area contributed by atoms with Crippen LogP contribution in [0.1, 0.15) is 38.5 Å². The van der Waals surface area contributed by atoms with Crippen molar-refractivity contribution >= 4 is 5.69 Å². The number of ether oxygens (including phenoxy) is 1. The van der Waals surface area contributed by atoms with Crippen molar-refractivity contribution in [3.8, 4) is 5.75 Å². The summed E-state index contributed by atoms with van der Waals surface area (Å²) in [5.74, 6) is -0.612. The van der Waals surface area contributed by atoms with Crippen LogP contribution in [0, 0.1) is 17.6 Å². The maximum absolute atomic E-state index is 13.4. The van der Waals surface area contributed by atoms with Crippen molar-refractivity contribution < 1.29 is 13.5 Å². The highest BCUT2D eigenvalue weighted by Crippen LogP contribution is 2.27. The average Bonchev–Trinajstić information content (AvgIpc) is 2.37. The molecule has 2 rings (SSSR count). The summed E-state index contributed by atoms with van der Waals surface area (Å²) >= 11 is 0. The Morgan fingerprint density at radius 3 is 2.56 bits per heavy atom. The number of nitrogens with two attached hydrogens (primary N) is 1. The molecule has 0 aliphatic heterocycles. The van der Waals surface area contributed by atoms with E-state index >= 15 is 0 Å². The predicted octanol–water partition coefficient (Wildman–Crippen LogP) is 3.90. The second-order valence-corrected chi connectivity index (χ2v) is 4.95. The molecule has 0 radical (unpaired) electrons. The van der Waals surface area contributed by atoms with Gasteiger partial charge < -0.3 is 10.5 Å². The van der Waals surface area contributed by atoms with Gasteiger partial charge in [0.25, 0.3) is 0 Å². The molecule has 0 atom stereocenters. The molecule has 1 fully saturated rings. The third kappa shape index (κ3) is 3.34. The zero-order valence-corrected chi connectivity index (χ0v) is 10.4. The lowest BCUT2D eigenvalue weighted by atomic mass is 9.87. The van der Waals surface area contributed by atoms with Crippen LogP contribution in [0.5, 0.6) is 5.75 Å². The molecule has 100 valence electrons. The van der Waals surface area contributed by atoms with E-state index in [4.69, 9.17) is 10.5 Å². The van der Waals surface area contributed by atoms with Crippen LogP contribution < -0.4 is 10.5 Å². The molecule has 0 saturated heterocycles. The van der Waals surface area contributed by atoms with Crippen LogP contribution in [-0.4, -0.2) is 6.61 Å². The van der Waals surface area contributed by atoms with Crippen LogP contribution in [0.4, 0.5) is 14.5 Å². The number of halogens is 2. The maximum atomic E-state index is 13.4. The summed E-state index contributed by atoms with van der Waals surface area (Å²) < 4.78 is 31.9. The van der Waals surface area contributed by atoms with Crippen LogP contribution in [0.2, 0.25) is 0 Å². The van der Waals surface area contributed by atoms with Crippen LogP contribution in [0.15, 0.2) is 12.1 Å². The SMILES string of the molecule is Nc1cc(F)c(OCCC2CCCCC2)cc1F. The van der Waals surface area contributed by atoms with E-state index < -0.39 is 11.6 Å². The summed E-state index contributed by atoms with van der Waals surface area (Å²) in [5.41, 5.74) is 5.08. The third-order valence-electron chi connectivity index (χ3n) is 3.56. The van der Waals surface area contributed by atoms with Gasteiger partial charge in [0.1, 0.15) is 5.82 Å². The van der Waals surface area contributed by atoms with Gasteiger partial charge >= 0.3 is 0 Å². The first-order valence-corrected chi connectivity index (χ1v) is 6.54. The van der Waals surface area contributed by atoms with E-state index in [-0.39, 0.29) is 11.4 Å². The highest BCUT2D eigenvalue weighted by atomic mass is 19.1. The fraction of sp³-hybridized carbons (Fsp3) is 0.571. The Hall–Kier alpha value is -1.32. The van der Waals surface area contributed by atoms with Gasteiger partial charge in [-0.1, -0.05) is 32.1 Å². The number of hydrogen-bond donors (Lipinski definition) is 1. The molecule has 4 heteroatoms. The molecule has 2 nitrogen and oxygen atoms in total. The summed E-state index contributed by atoms with van der Waals surface area (Å²) in [6.07, 6.45) is 7.22. The number of nitrogen functional groups attached to an aromatic ring is 1. The second-order valence-electron chi connectivity index (χ2n) is 4.95. The summed E-state index contributed by atoms with van der Waals surface area (Å²) in [6, 6.07) is 1.98. The minimum absolute atomic E-state index is 0.0440. The normalized spacial score (nSPS) is 16.8. The molecular weight excluding hydrogens is 236 g/mol. The number of benzene rings is 1. The topological polar surface area (TPSA) is 35.2 Å². The molecule has 1 aliphatic carbocycles. The summed E-state index contributed by atoms with van der Waals surface area (Å²) in [6.45, 7) is 0.435. The van der Waals surface area contributed by atoms with Crippen molar-refractivity contribution in [3.05, 3.63) is 23.8 Å². The Morgan fingerprint density at radius 1 is 1.11 bits per heavy atom. The molecule has 0 heterocycles. The first-order chi connectivity index (χ1) is 8.66. The highest BCUT2D eigenvalue weighted by molar-refractivity contribution is 5.44. The minimum Gasteiger partial charge on any atom is -0.490 e. The molecule has 0 spiro atoms. The van der Waals surface area contributed by atoms with Crippen molar-refractivity contribution in [1.82, 2.24) is 0 Å². The Balaban J connectivity index is 1.84. The van der Waals surface area contributed by atoms with Crippen molar-refractivity contribution in [2.75, 3.05) is 12.3 Å². The van der Waals surface area contributed by atoms with Crippen molar-refractivity contribution in [2.45, 2.75) is 38.5 Å². The van der Waals surface area contributed by atoms with Crippen LogP contribution in [-0.2, 0) is 0 Å². The minimum atomic E-state index is -0.635. The van der Waals surface area contributed by atoms with E-state index in [2.05, 4.69) is 0 Å². The van der Waals surface area contributed by atoms with Gasteiger partial charge in [0.05, 0.1) is 12.3 Å². The van der Waals surface area contributed by atoms with E-state index in [1.807, 2.05) is 0 Å². The summed E-state index contributed by atoms with van der Waals surface area (Å²) in [4.78, 5) is 0. The number of anilines is 1. The van der Waals surface area contributed by atoms with Gasteiger partial charge in [-0.05, 0) is 12.3 Å². The van der Waals surface area contributed by atoms with E-state index in [1.54, 1.807) is 0 Å². The van der Waals surface area contributed by atoms with E-state index in [0.717, 1.165) is 18.6 Å². The second kappa shape index (κ2) is 6.03. The van der Waals surface area contributed by atoms with Crippen LogP contribution in [0.3, 0.4) is 0 Å². The van der Waals surface area contributed by atoms with Gasteiger partial charge in [0, 0.05) is 12.1 Å². The first-order valence-electron chi connectivity index (χ1n) is 6.54. The quantitative estimate of drug-likeness (QED) is 0.828. The Bertz CT molecular complexity index is 403. The van der Waals surface area contributed by atoms with Gasteiger partial charge in [-0.2, -0.15) is 0 Å². The standard InChI is InChI=1S/C14H19F2NO/c15-11-9-14(12(16)8-13(11)17)18-7-6-10-4-2-1-3-5-10/h8-10H,1-7,17H2. The van der Waals surface area contributed by atoms with Gasteiger partial charge in [0.15, 0.2) is 11.6 Å². The smallest absolute Gasteiger partial charge is 0.167 e. The molecule has 1 aliphatic rings. The van der Waals surface area contributed by atoms with Crippen molar-refractivity contribution in [1.29, 1.82) is 0 Å². The molecule has 0 amide bonds. The first kappa shape index (κ1) is 13.1. The molecule has 0 aromatic heterocycles. The highest BCUT2D eigenvalue weighted by Gasteiger charge is 2.14. The number of rotatable bonds is 4. The Labute approximate surface area is 106 Å². The molecule has 2 N–H and O–H groups in total. The molecular formula is C14H19F2NO. The third-order valence-corrected chi connectivity index (χ3v) is 3.56. The van der Waals surface area contributed by atoms with Crippen molar-refractivity contribution in [2.24, 2.45) is 5.92 Å². The van der Waals surface area contributed by atoms with Crippen LogP contribution >= 0.6 is 0 Å². The lowest BCUT2D eigenvalue weighted by molar-refractivity contribution is 0.238. The lowest BCUT2D eigenvalue weighted by Gasteiger charge is -2.21. The largest absolute Gasteiger partial charge is 0.490 e. The average molecular weight is 255 g/mol. The molecule has 0 bridgehead atoms. The van der Waals surface area contributed by atoms with E-state index in [1.165, 1.54) is 32.1 Å². The molecule has 1 saturated carbocycles. The number of hydrogen-bond acceptors (Lipinski definition) is 2. The zero-order valence-electron chi connectivity index (χ0n) is 10.4. The monoisotopic (exact) mass is 255 g/mol. The lowest BCUT2D eigenvalue weighted by Crippen LogP contribution is -2.11. The molecule has 18 heavy (non-hydrogen) atoms. The maximum Gasteiger partial charge on any atom is 0.167 e. The molecule has 1 aromatic carbocycles. The Morgan fingerprint density at radius 2 is 1.83 bits per heavy atom. The molecule has 1 aromatic rings. The fourth-order valence-electron chi connectivity index (χ4n) is 2.47. The van der Waals surface area contributed by atoms with Gasteiger partial charge in [-0.15, -0.1) is 0 Å². The van der Waals surface area contributed by atoms with Gasteiger partial charge in [-0.25, -0.2) is 8.78 Å². The zero-order chi connectivity index (χ0) is 13.0. The van der Waals surface area contributed by atoms with Gasteiger partial charge in [-0.3, -0.25) is 0 Å². The van der Waals surface area contributed by atoms with E-state index in [9.17, 15) is 8.78 Å². The van der Waals surface area contributed by atoms with Crippen molar-refractivity contribution in [3.63, 3.8) is 0 Å². The van der Waals surface area contributed by atoms with Crippen LogP contribution in [0.25, 0.3) is 0 Å². The summed E-state index contributed by atoms with van der Waals surface area (Å²) in [5, 5.41) is 0. The Kier molecular flexibility index (Phi) is 4.39. The predicted molar refractivity (Wildman–Crippen MR) is 67.5 cm³/mol. The van der Waals surface area contributed by atoms with E-state index in [0.29, 0.717) is 12.5 Å². The molecule has 0 unspecified atom stereocenters. The fourth-order valence-corrected chi connectivity index (χ4v) is 2.47. The van der Waals surface area contributed by atoms with Gasteiger partial charge in [0.2, 0.25) is 0 Å².